The molecule has 0 atom stereocenters. The predicted octanol–water partition coefficient (Wildman–Crippen LogP) is 18.7. The van der Waals surface area contributed by atoms with Gasteiger partial charge in [0.25, 0.3) is 0 Å². The molecule has 8 aromatic heterocycles. The van der Waals surface area contributed by atoms with E-state index in [1.807, 2.05) is 120 Å². The van der Waals surface area contributed by atoms with Gasteiger partial charge in [0.1, 0.15) is 17.1 Å². The molecule has 3 aliphatic heterocycles. The summed E-state index contributed by atoms with van der Waals surface area (Å²) in [5.74, 6) is 0.0198. The normalized spacial score (nSPS) is 16.2. The number of carbonyl (C=O) groups excluding carboxylic acids is 3. The number of benzene rings is 6. The molecule has 3 spiro atoms. The lowest BCUT2D eigenvalue weighted by molar-refractivity contribution is -0.149. The quantitative estimate of drug-likeness (QED) is 0.0330. The maximum atomic E-state index is 12.1. The molecule has 0 bridgehead atoms. The molecule has 652 valence electrons. The van der Waals surface area contributed by atoms with Crippen molar-refractivity contribution in [1.29, 1.82) is 0 Å². The van der Waals surface area contributed by atoms with Crippen LogP contribution in [-0.4, -0.2) is 194 Å². The monoisotopic (exact) mass is 1750 g/mol. The van der Waals surface area contributed by atoms with Gasteiger partial charge in [-0.2, -0.15) is 40.8 Å². The fraction of sp³-hybridized carbons (Fsp3) is 0.385. The second-order valence-electron chi connectivity index (χ2n) is 35.3. The highest BCUT2D eigenvalue weighted by Gasteiger charge is 2.57. The Kier molecular flexibility index (Phi) is 24.2. The predicted molar refractivity (Wildman–Crippen MR) is 496 cm³/mol. The van der Waals surface area contributed by atoms with Crippen LogP contribution in [0, 0.1) is 57.8 Å². The van der Waals surface area contributed by atoms with E-state index in [9.17, 15) is 24.6 Å². The van der Waals surface area contributed by atoms with E-state index in [1.54, 1.807) is 25.6 Å². The molecule has 5 N–H and O–H groups in total. The summed E-state index contributed by atoms with van der Waals surface area (Å²) < 4.78 is 20.9. The number of aromatic nitrogens is 16. The first-order valence-electron chi connectivity index (χ1n) is 41.4. The number of hydrogen-bond donors (Lipinski definition) is 5. The maximum absolute atomic E-state index is 12.1. The van der Waals surface area contributed by atoms with Gasteiger partial charge in [-0.25, -0.2) is 0 Å². The largest absolute Gasteiger partial charge is 0.392 e. The van der Waals surface area contributed by atoms with E-state index < -0.39 is 5.60 Å². The lowest BCUT2D eigenvalue weighted by Crippen LogP contribution is -2.63. The number of aliphatic hydroxyl groups is 2. The minimum absolute atomic E-state index is 0. The van der Waals surface area contributed by atoms with Crippen molar-refractivity contribution >= 4 is 107 Å². The van der Waals surface area contributed by atoms with Gasteiger partial charge in [0.2, 0.25) is 17.7 Å². The molecule has 29 heteroatoms. The van der Waals surface area contributed by atoms with E-state index >= 15 is 0 Å². The van der Waals surface area contributed by atoms with Crippen LogP contribution in [0.15, 0.2) is 148 Å². The number of rotatable bonds is 21. The molecule has 0 unspecified atom stereocenters. The van der Waals surface area contributed by atoms with Crippen molar-refractivity contribution in [2.45, 2.75) is 160 Å². The summed E-state index contributed by atoms with van der Waals surface area (Å²) >= 11 is 21.1. The van der Waals surface area contributed by atoms with Gasteiger partial charge >= 0.3 is 0 Å². The van der Waals surface area contributed by atoms with E-state index in [-0.39, 0.29) is 81.0 Å². The van der Waals surface area contributed by atoms with Crippen molar-refractivity contribution in [2.24, 2.45) is 16.2 Å². The average molecular weight is 1750 g/mol. The van der Waals surface area contributed by atoms with E-state index in [4.69, 9.17) is 64.7 Å². The lowest BCUT2D eigenvalue weighted by Gasteiger charge is -2.58. The van der Waals surface area contributed by atoms with Crippen molar-refractivity contribution in [3.8, 4) is 67.2 Å². The molecule has 14 aromatic rings. The first-order chi connectivity index (χ1) is 58.6. The fourth-order valence-electron chi connectivity index (χ4n) is 19.9. The Morgan fingerprint density at radius 2 is 0.832 bits per heavy atom. The molecule has 11 heterocycles. The molecule has 6 aliphatic rings. The van der Waals surface area contributed by atoms with Crippen LogP contribution in [0.3, 0.4) is 0 Å². The van der Waals surface area contributed by atoms with Gasteiger partial charge in [-0.05, 0) is 177 Å². The molecule has 6 aromatic carbocycles. The number of amides is 3. The van der Waals surface area contributed by atoms with Crippen molar-refractivity contribution in [1.82, 2.24) is 94.2 Å². The van der Waals surface area contributed by atoms with Gasteiger partial charge in [-0.3, -0.25) is 53.1 Å². The molecule has 0 radical (unpaired) electrons. The number of aromatic amines is 3. The summed E-state index contributed by atoms with van der Waals surface area (Å²) in [5.41, 5.74) is 22.5. The number of aliphatic hydroxyl groups excluding tert-OH is 1. The topological polar surface area (TPSA) is 295 Å². The number of fused-ring (bicyclic) bond motifs is 5. The number of methoxy groups -OCH3 is 1. The molecule has 3 aliphatic carbocycles. The summed E-state index contributed by atoms with van der Waals surface area (Å²) in [7, 11) is 1.67. The van der Waals surface area contributed by atoms with Crippen LogP contribution in [0.1, 0.15) is 132 Å². The highest BCUT2D eigenvalue weighted by molar-refractivity contribution is 6.37. The Labute approximate surface area is 742 Å². The van der Waals surface area contributed by atoms with Gasteiger partial charge in [-0.15, -0.1) is 0 Å². The number of aryl methyl sites for hydroxylation is 3. The first kappa shape index (κ1) is 88.5. The number of nitrogens with zero attached hydrogens (tertiary/aromatic N) is 16. The molecule has 26 nitrogen and oxygen atoms in total. The highest BCUT2D eigenvalue weighted by Crippen LogP contribution is 2.59. The molecule has 20 rings (SSSR count). The molecule has 3 amide bonds. The molecule has 6 fully saturated rings. The lowest BCUT2D eigenvalue weighted by atomic mass is 9.60. The Bertz CT molecular complexity index is 6520. The van der Waals surface area contributed by atoms with Crippen LogP contribution < -0.4 is 0 Å². The fourth-order valence-corrected chi connectivity index (χ4v) is 20.7. The van der Waals surface area contributed by atoms with Crippen LogP contribution >= 0.6 is 34.8 Å². The minimum Gasteiger partial charge on any atom is -0.392 e. The molecular formula is C96H110Cl3N19O7. The molecule has 3 saturated carbocycles. The van der Waals surface area contributed by atoms with Crippen LogP contribution in [-0.2, 0) is 43.6 Å². The average Bonchev–Trinajstić information content (AvgIpc) is 1.69. The Balaban J connectivity index is 0.000000144. The van der Waals surface area contributed by atoms with Crippen molar-refractivity contribution in [3.05, 3.63) is 202 Å². The van der Waals surface area contributed by atoms with Gasteiger partial charge in [-0.1, -0.05) is 113 Å². The van der Waals surface area contributed by atoms with Crippen LogP contribution in [0.4, 0.5) is 0 Å². The van der Waals surface area contributed by atoms with E-state index in [0.717, 1.165) is 239 Å². The van der Waals surface area contributed by atoms with Gasteiger partial charge in [0.05, 0.1) is 124 Å². The number of hydrogen-bond acceptors (Lipinski definition) is 15. The zero-order chi connectivity index (χ0) is 85.3. The van der Waals surface area contributed by atoms with E-state index in [0.29, 0.717) is 48.0 Å². The third kappa shape index (κ3) is 15.9. The third-order valence-corrected chi connectivity index (χ3v) is 27.4. The van der Waals surface area contributed by atoms with Gasteiger partial charge in [0, 0.05) is 169 Å². The number of nitrogens with one attached hydrogen (secondary N) is 3. The smallest absolute Gasteiger partial charge is 0.245 e. The maximum Gasteiger partial charge on any atom is 0.245 e. The Morgan fingerprint density at radius 3 is 1.18 bits per heavy atom. The zero-order valence-electron chi connectivity index (χ0n) is 69.9. The number of carbonyl (C=O) groups is 3. The molecule has 3 saturated heterocycles. The molecular weight excluding hydrogens is 1640 g/mol. The number of likely N-dealkylation sites (tertiary alicyclic amines) is 3. The summed E-state index contributed by atoms with van der Waals surface area (Å²) in [6.07, 6.45) is 19.6. The minimum atomic E-state index is -0.873. The second kappa shape index (κ2) is 34.2. The van der Waals surface area contributed by atoms with Crippen LogP contribution in [0.25, 0.3) is 122 Å². The zero-order valence-corrected chi connectivity index (χ0v) is 72.2. The number of halogens is 3. The van der Waals surface area contributed by atoms with Gasteiger partial charge in [0.15, 0.2) is 0 Å². The van der Waals surface area contributed by atoms with Gasteiger partial charge < -0.3 is 34.4 Å². The van der Waals surface area contributed by atoms with Crippen LogP contribution in [0.2, 0.25) is 15.1 Å². The summed E-state index contributed by atoms with van der Waals surface area (Å²) in [4.78, 5) is 41.7. The summed E-state index contributed by atoms with van der Waals surface area (Å²) in [6, 6.07) is 27.2. The second-order valence-corrected chi connectivity index (χ2v) is 36.5. The highest BCUT2D eigenvalue weighted by atomic mass is 35.5. The first-order valence-corrected chi connectivity index (χ1v) is 42.6. The number of H-pyrrole nitrogens is 3. The van der Waals surface area contributed by atoms with E-state index in [1.165, 1.54) is 18.2 Å². The van der Waals surface area contributed by atoms with Crippen molar-refractivity contribution in [2.75, 3.05) is 66.2 Å². The Morgan fingerprint density at radius 1 is 0.488 bits per heavy atom. The standard InChI is InChI=1S/C33H36ClN7O3.C32H34ClN7O2.C28H28ClN5O2.3CH4/c1-5-28(42)39-18-33(19-39)14-24(15-33)41-21(3)29(30-25-16-35-36-27(25)12-20(2)31(30)34)32(38-41)22-6-7-26-23(13-22)17-40(37-26)8-9-44-11-10-43-4;1-6-26(41)38-16-32(17-38)11-22(12-32)40-19(3)27(28-23-13-34-35-25(23)9-18(2)29(28)33)30(37-40)20-7-8-24-21(10-20)14-39(36-24)15-31(4,5)42;1-4-23(36)33-14-28(15-33)10-20(11-28)34-17(3)24(27(32-34)19-7-5-18(13-35)6-8-19)25-21-12-30-31-22(21)9-16(2)26(25)29;;;/h5-7,12-13,16-17,24H,1,8-11,14-15,18-19H2,2-4H3,(H,35,36);6-10,13-14,22,42H,1,11-12,15-17H2,2-5H3,(H,34,35);4-9,12,20,35H,1,10-11,13-15H2,2-3H3,(H,30,31);3*1H4. The summed E-state index contributed by atoms with van der Waals surface area (Å²) in [6.45, 7) is 34.3. The molecule has 125 heavy (non-hydrogen) atoms. The Hall–Kier alpha value is -11.4. The van der Waals surface area contributed by atoms with Crippen molar-refractivity contribution in [3.63, 3.8) is 0 Å². The number of ether oxygens (including phenoxy) is 2. The third-order valence-electron chi connectivity index (χ3n) is 26.0. The van der Waals surface area contributed by atoms with Crippen molar-refractivity contribution < 1.29 is 34.1 Å². The summed E-state index contributed by atoms with van der Waals surface area (Å²) in [5, 5.41) is 74.2. The SMILES string of the molecule is C.C.C.C=CC(=O)N1CC2(CC(n3nc(-c4ccc(CO)cc4)c(-c4c(Cl)c(C)cc5[nH]ncc45)c3C)C2)C1.C=CC(=O)N1CC2(CC(n3nc(-c4ccc5nn(CC(C)(C)O)cc5c4)c(-c4c(Cl)c(C)cc5[nH]ncc45)c3C)C2)C1.C=CC(=O)N1CC2(CC(n3nc(-c4ccc5nn(CCOCCOC)cc5c4)c(-c4c(Cl)c(C)cc5[nH]ncc45)c3C)C2)C1. The van der Waals surface area contributed by atoms with E-state index in [2.05, 4.69) is 121 Å². The van der Waals surface area contributed by atoms with Crippen LogP contribution in [0.5, 0.6) is 0 Å².